The van der Waals surface area contributed by atoms with Gasteiger partial charge in [-0.1, -0.05) is 13.8 Å². The van der Waals surface area contributed by atoms with E-state index in [1.165, 1.54) is 0 Å². The van der Waals surface area contributed by atoms with E-state index in [1.54, 1.807) is 0 Å². The molecule has 5 heteroatoms. The zero-order valence-electron chi connectivity index (χ0n) is 10.8. The summed E-state index contributed by atoms with van der Waals surface area (Å²) < 4.78 is 35.8. The largest absolute Gasteiger partial charge is 0.395 e. The quantitative estimate of drug-likeness (QED) is 0.698. The van der Waals surface area contributed by atoms with Gasteiger partial charge in [0.2, 0.25) is 0 Å². The second-order valence-corrected chi connectivity index (χ2v) is 5.08. The number of aliphatic hydroxyl groups excluding tert-OH is 1. The molecule has 0 bridgehead atoms. The van der Waals surface area contributed by atoms with Crippen molar-refractivity contribution in [1.29, 1.82) is 0 Å². The molecule has 0 saturated carbocycles. The highest BCUT2D eigenvalue weighted by Crippen LogP contribution is 2.22. The molecule has 0 aliphatic carbocycles. The third-order valence-corrected chi connectivity index (χ3v) is 2.59. The summed E-state index contributed by atoms with van der Waals surface area (Å²) in [7, 11) is 0. The molecule has 0 radical (unpaired) electrons. The van der Waals surface area contributed by atoms with E-state index >= 15 is 0 Å². The number of aliphatic hydroxyl groups is 1. The molecule has 0 aliphatic heterocycles. The maximum atomic E-state index is 11.9. The minimum atomic E-state index is -4.06. The highest BCUT2D eigenvalue weighted by atomic mass is 19.4. The monoisotopic (exact) mass is 255 g/mol. The van der Waals surface area contributed by atoms with Gasteiger partial charge in [-0.05, 0) is 32.1 Å². The van der Waals surface area contributed by atoms with Crippen LogP contribution in [0.5, 0.6) is 0 Å². The number of alkyl halides is 3. The Morgan fingerprint density at radius 2 is 1.76 bits per heavy atom. The molecule has 0 amide bonds. The van der Waals surface area contributed by atoms with Crippen LogP contribution in [0.1, 0.15) is 46.5 Å². The van der Waals surface area contributed by atoms with Crippen LogP contribution in [0.25, 0.3) is 0 Å². The van der Waals surface area contributed by atoms with E-state index < -0.39 is 12.6 Å². The fourth-order valence-electron chi connectivity index (χ4n) is 1.86. The minimum absolute atomic E-state index is 0.00764. The zero-order chi connectivity index (χ0) is 13.5. The summed E-state index contributed by atoms with van der Waals surface area (Å²) in [6.07, 6.45) is -3.34. The third-order valence-electron chi connectivity index (χ3n) is 2.59. The summed E-state index contributed by atoms with van der Waals surface area (Å²) >= 11 is 0. The number of hydrogen-bond acceptors (Lipinski definition) is 2. The maximum Gasteiger partial charge on any atom is 0.389 e. The van der Waals surface area contributed by atoms with Gasteiger partial charge in [0.15, 0.2) is 0 Å². The second-order valence-electron chi connectivity index (χ2n) is 5.08. The van der Waals surface area contributed by atoms with Crippen LogP contribution in [-0.2, 0) is 0 Å². The normalized spacial score (nSPS) is 16.2. The van der Waals surface area contributed by atoms with Crippen LogP contribution >= 0.6 is 0 Å². The Labute approximate surface area is 102 Å². The zero-order valence-corrected chi connectivity index (χ0v) is 10.8. The SMILES string of the molecule is CC(C)CC(CO)NC(C)CCCC(F)(F)F. The van der Waals surface area contributed by atoms with E-state index in [9.17, 15) is 13.2 Å². The van der Waals surface area contributed by atoms with Crippen molar-refractivity contribution >= 4 is 0 Å². The highest BCUT2D eigenvalue weighted by molar-refractivity contribution is 4.72. The van der Waals surface area contributed by atoms with E-state index in [4.69, 9.17) is 5.11 Å². The lowest BCUT2D eigenvalue weighted by Gasteiger charge is -2.23. The average Bonchev–Trinajstić information content (AvgIpc) is 2.13. The molecule has 0 heterocycles. The van der Waals surface area contributed by atoms with Gasteiger partial charge in [-0.15, -0.1) is 0 Å². The van der Waals surface area contributed by atoms with E-state index in [2.05, 4.69) is 19.2 Å². The van der Waals surface area contributed by atoms with Crippen molar-refractivity contribution in [3.63, 3.8) is 0 Å². The van der Waals surface area contributed by atoms with Crippen molar-refractivity contribution in [2.24, 2.45) is 5.92 Å². The Kier molecular flexibility index (Phi) is 7.79. The lowest BCUT2D eigenvalue weighted by Crippen LogP contribution is -2.39. The van der Waals surface area contributed by atoms with Crippen LogP contribution < -0.4 is 5.32 Å². The van der Waals surface area contributed by atoms with Crippen molar-refractivity contribution in [2.45, 2.75) is 64.7 Å². The molecule has 0 spiro atoms. The lowest BCUT2D eigenvalue weighted by molar-refractivity contribution is -0.135. The minimum Gasteiger partial charge on any atom is -0.395 e. The molecule has 2 N–H and O–H groups in total. The number of halogens is 3. The molecule has 0 fully saturated rings. The van der Waals surface area contributed by atoms with Gasteiger partial charge in [-0.2, -0.15) is 13.2 Å². The van der Waals surface area contributed by atoms with Crippen molar-refractivity contribution in [3.8, 4) is 0 Å². The van der Waals surface area contributed by atoms with Crippen LogP contribution in [0.2, 0.25) is 0 Å². The number of rotatable bonds is 8. The van der Waals surface area contributed by atoms with E-state index in [1.807, 2.05) is 6.92 Å². The molecule has 0 saturated heterocycles. The first-order valence-electron chi connectivity index (χ1n) is 6.18. The molecule has 0 aromatic carbocycles. The van der Waals surface area contributed by atoms with Crippen molar-refractivity contribution in [3.05, 3.63) is 0 Å². The van der Waals surface area contributed by atoms with E-state index in [0.29, 0.717) is 12.3 Å². The third kappa shape index (κ3) is 10.6. The molecule has 0 aliphatic rings. The van der Waals surface area contributed by atoms with Crippen molar-refractivity contribution < 1.29 is 18.3 Å². The van der Waals surface area contributed by atoms with Gasteiger partial charge >= 0.3 is 6.18 Å². The molecule has 0 aromatic heterocycles. The fraction of sp³-hybridized carbons (Fsp3) is 1.00. The van der Waals surface area contributed by atoms with Gasteiger partial charge in [0.1, 0.15) is 0 Å². The van der Waals surface area contributed by atoms with Gasteiger partial charge < -0.3 is 10.4 Å². The molecule has 0 aromatic rings. The van der Waals surface area contributed by atoms with E-state index in [-0.39, 0.29) is 25.1 Å². The Morgan fingerprint density at radius 1 is 1.18 bits per heavy atom. The van der Waals surface area contributed by atoms with Crippen LogP contribution in [0.4, 0.5) is 13.2 Å². The molecule has 17 heavy (non-hydrogen) atoms. The average molecular weight is 255 g/mol. The Bertz CT molecular complexity index is 195. The van der Waals surface area contributed by atoms with Crippen LogP contribution in [-0.4, -0.2) is 30.0 Å². The van der Waals surface area contributed by atoms with Gasteiger partial charge in [0.05, 0.1) is 6.61 Å². The fourth-order valence-corrected chi connectivity index (χ4v) is 1.86. The van der Waals surface area contributed by atoms with Gasteiger partial charge in [-0.25, -0.2) is 0 Å². The Balaban J connectivity index is 3.79. The van der Waals surface area contributed by atoms with Gasteiger partial charge in [0, 0.05) is 18.5 Å². The van der Waals surface area contributed by atoms with Crippen LogP contribution in [0, 0.1) is 5.92 Å². The summed E-state index contributed by atoms with van der Waals surface area (Å²) in [5, 5.41) is 12.3. The first-order valence-corrected chi connectivity index (χ1v) is 6.18. The molecular weight excluding hydrogens is 231 g/mol. The highest BCUT2D eigenvalue weighted by Gasteiger charge is 2.26. The standard InChI is InChI=1S/C12H24F3NO/c1-9(2)7-11(8-17)16-10(3)5-4-6-12(13,14)15/h9-11,16-17H,4-8H2,1-3H3. The predicted octanol–water partition coefficient (Wildman–Crippen LogP) is 3.10. The first-order chi connectivity index (χ1) is 7.74. The molecule has 2 unspecified atom stereocenters. The molecule has 2 atom stereocenters. The maximum absolute atomic E-state index is 11.9. The summed E-state index contributed by atoms with van der Waals surface area (Å²) in [4.78, 5) is 0. The topological polar surface area (TPSA) is 32.3 Å². The Hall–Kier alpha value is -0.290. The second kappa shape index (κ2) is 7.93. The summed E-state index contributed by atoms with van der Waals surface area (Å²) in [5.41, 5.74) is 0. The van der Waals surface area contributed by atoms with Crippen molar-refractivity contribution in [1.82, 2.24) is 5.32 Å². The van der Waals surface area contributed by atoms with Gasteiger partial charge in [0.25, 0.3) is 0 Å². The molecule has 2 nitrogen and oxygen atoms in total. The molecular formula is C12H24F3NO. The number of nitrogens with one attached hydrogen (secondary N) is 1. The van der Waals surface area contributed by atoms with Crippen molar-refractivity contribution in [2.75, 3.05) is 6.61 Å². The predicted molar refractivity (Wildman–Crippen MR) is 62.8 cm³/mol. The lowest BCUT2D eigenvalue weighted by atomic mass is 10.0. The number of hydrogen-bond donors (Lipinski definition) is 2. The smallest absolute Gasteiger partial charge is 0.389 e. The summed E-state index contributed by atoms with van der Waals surface area (Å²) in [5.74, 6) is 0.460. The van der Waals surface area contributed by atoms with E-state index in [0.717, 1.165) is 6.42 Å². The first kappa shape index (κ1) is 16.7. The Morgan fingerprint density at radius 3 is 2.18 bits per heavy atom. The van der Waals surface area contributed by atoms with Gasteiger partial charge in [-0.3, -0.25) is 0 Å². The summed E-state index contributed by atoms with van der Waals surface area (Å²) in [6, 6.07) is -0.0101. The van der Waals surface area contributed by atoms with Crippen LogP contribution in [0.3, 0.4) is 0 Å². The summed E-state index contributed by atoms with van der Waals surface area (Å²) in [6.45, 7) is 6.00. The molecule has 0 rings (SSSR count). The molecule has 104 valence electrons. The van der Waals surface area contributed by atoms with Crippen LogP contribution in [0.15, 0.2) is 0 Å².